The average molecular weight is 287 g/mol. The maximum Gasteiger partial charge on any atom is 0.167 e. The largest absolute Gasteiger partial charge is 0.454 e. The molecule has 2 rings (SSSR count). The summed E-state index contributed by atoms with van der Waals surface area (Å²) in [4.78, 5) is 0. The van der Waals surface area contributed by atoms with Gasteiger partial charge in [0.15, 0.2) is 11.6 Å². The monoisotopic (exact) mass is 287 g/mol. The molecule has 0 aliphatic rings. The number of nitrogens with two attached hydrogens (primary N) is 1. The van der Waals surface area contributed by atoms with E-state index >= 15 is 0 Å². The summed E-state index contributed by atoms with van der Waals surface area (Å²) >= 11 is 0. The van der Waals surface area contributed by atoms with Crippen molar-refractivity contribution in [3.8, 4) is 11.5 Å². The number of halogens is 1. The van der Waals surface area contributed by atoms with Crippen LogP contribution < -0.4 is 10.5 Å². The first kappa shape index (κ1) is 15.5. The van der Waals surface area contributed by atoms with Crippen molar-refractivity contribution < 1.29 is 9.13 Å². The van der Waals surface area contributed by atoms with Crippen molar-refractivity contribution in [2.45, 2.75) is 39.2 Å². The number of ether oxygens (including phenoxy) is 1. The Labute approximate surface area is 125 Å². The number of para-hydroxylation sites is 1. The molecule has 1 unspecified atom stereocenters. The van der Waals surface area contributed by atoms with Crippen molar-refractivity contribution in [2.24, 2.45) is 5.73 Å². The van der Waals surface area contributed by atoms with Gasteiger partial charge in [0.25, 0.3) is 0 Å². The van der Waals surface area contributed by atoms with Gasteiger partial charge in [0.05, 0.1) is 0 Å². The lowest BCUT2D eigenvalue weighted by Crippen LogP contribution is -2.07. The minimum Gasteiger partial charge on any atom is -0.454 e. The van der Waals surface area contributed by atoms with Gasteiger partial charge in [-0.3, -0.25) is 0 Å². The van der Waals surface area contributed by atoms with Gasteiger partial charge in [-0.25, -0.2) is 4.39 Å². The van der Waals surface area contributed by atoms with Crippen LogP contribution in [-0.4, -0.2) is 0 Å². The maximum absolute atomic E-state index is 14.0. The summed E-state index contributed by atoms with van der Waals surface area (Å²) in [6.45, 7) is 6.15. The molecular formula is C18H22FNO. The van der Waals surface area contributed by atoms with E-state index in [0.717, 1.165) is 6.42 Å². The van der Waals surface area contributed by atoms with Crippen LogP contribution in [0.5, 0.6) is 11.5 Å². The van der Waals surface area contributed by atoms with Crippen LogP contribution >= 0.6 is 0 Å². The number of hydrogen-bond donors (Lipinski definition) is 1. The second-order valence-corrected chi connectivity index (χ2v) is 5.43. The van der Waals surface area contributed by atoms with Crippen LogP contribution in [-0.2, 0) is 0 Å². The van der Waals surface area contributed by atoms with Crippen molar-refractivity contribution in [3.63, 3.8) is 0 Å². The fourth-order valence-electron chi connectivity index (χ4n) is 2.21. The summed E-state index contributed by atoms with van der Waals surface area (Å²) < 4.78 is 19.7. The van der Waals surface area contributed by atoms with Crippen LogP contribution in [0.15, 0.2) is 42.5 Å². The summed E-state index contributed by atoms with van der Waals surface area (Å²) in [7, 11) is 0. The van der Waals surface area contributed by atoms with E-state index in [4.69, 9.17) is 10.5 Å². The highest BCUT2D eigenvalue weighted by Crippen LogP contribution is 2.32. The molecule has 2 N–H and O–H groups in total. The maximum atomic E-state index is 14.0. The zero-order valence-electron chi connectivity index (χ0n) is 12.8. The standard InChI is InChI=1S/C18H22FNO/c1-4-12(2)14-8-10-15(11-9-14)21-18-16(13(3)20)6-5-7-17(18)19/h5-13H,4,20H2,1-3H3/t12?,13-/m1/s1. The molecule has 21 heavy (non-hydrogen) atoms. The van der Waals surface area contributed by atoms with Crippen molar-refractivity contribution in [2.75, 3.05) is 0 Å². The SMILES string of the molecule is CCC(C)c1ccc(Oc2c(F)cccc2[C@@H](C)N)cc1. The first-order valence-electron chi connectivity index (χ1n) is 7.34. The van der Waals surface area contributed by atoms with Gasteiger partial charge in [-0.05, 0) is 43.0 Å². The minimum atomic E-state index is -0.393. The Hall–Kier alpha value is -1.87. The van der Waals surface area contributed by atoms with E-state index in [1.54, 1.807) is 12.1 Å². The molecule has 0 aliphatic carbocycles. The van der Waals surface area contributed by atoms with Crippen LogP contribution in [0.3, 0.4) is 0 Å². The molecule has 2 aromatic carbocycles. The number of hydrogen-bond acceptors (Lipinski definition) is 2. The fourth-order valence-corrected chi connectivity index (χ4v) is 2.21. The first-order valence-corrected chi connectivity index (χ1v) is 7.34. The minimum absolute atomic E-state index is 0.212. The predicted molar refractivity (Wildman–Crippen MR) is 84.2 cm³/mol. The van der Waals surface area contributed by atoms with Gasteiger partial charge >= 0.3 is 0 Å². The van der Waals surface area contributed by atoms with E-state index < -0.39 is 5.82 Å². The van der Waals surface area contributed by atoms with E-state index in [-0.39, 0.29) is 11.8 Å². The molecule has 2 atom stereocenters. The third-order valence-corrected chi connectivity index (χ3v) is 3.77. The van der Waals surface area contributed by atoms with Crippen molar-refractivity contribution >= 4 is 0 Å². The van der Waals surface area contributed by atoms with Crippen LogP contribution in [0.2, 0.25) is 0 Å². The zero-order chi connectivity index (χ0) is 15.4. The lowest BCUT2D eigenvalue weighted by Gasteiger charge is -2.15. The highest BCUT2D eigenvalue weighted by Gasteiger charge is 2.14. The Morgan fingerprint density at radius 1 is 1.10 bits per heavy atom. The van der Waals surface area contributed by atoms with E-state index in [9.17, 15) is 4.39 Å². The summed E-state index contributed by atoms with van der Waals surface area (Å²) in [5, 5.41) is 0. The van der Waals surface area contributed by atoms with E-state index in [1.807, 2.05) is 31.2 Å². The summed E-state index contributed by atoms with van der Waals surface area (Å²) in [6.07, 6.45) is 1.09. The smallest absolute Gasteiger partial charge is 0.167 e. The molecule has 3 heteroatoms. The van der Waals surface area contributed by atoms with Gasteiger partial charge in [-0.2, -0.15) is 0 Å². The normalized spacial score (nSPS) is 13.8. The van der Waals surface area contributed by atoms with Gasteiger partial charge in [0, 0.05) is 11.6 Å². The van der Waals surface area contributed by atoms with Gasteiger partial charge in [0.2, 0.25) is 0 Å². The lowest BCUT2D eigenvalue weighted by atomic mass is 9.99. The van der Waals surface area contributed by atoms with Crippen LogP contribution in [0.1, 0.15) is 50.3 Å². The average Bonchev–Trinajstić information content (AvgIpc) is 2.49. The zero-order valence-corrected chi connectivity index (χ0v) is 12.8. The Balaban J connectivity index is 2.26. The van der Waals surface area contributed by atoms with Gasteiger partial charge in [0.1, 0.15) is 5.75 Å². The van der Waals surface area contributed by atoms with Crippen LogP contribution in [0.25, 0.3) is 0 Å². The topological polar surface area (TPSA) is 35.2 Å². The molecular weight excluding hydrogens is 265 g/mol. The molecule has 2 aromatic rings. The molecule has 0 aromatic heterocycles. The second-order valence-electron chi connectivity index (χ2n) is 5.43. The summed E-state index contributed by atoms with van der Waals surface area (Å²) in [6, 6.07) is 12.3. The lowest BCUT2D eigenvalue weighted by molar-refractivity contribution is 0.432. The molecule has 112 valence electrons. The van der Waals surface area contributed by atoms with Gasteiger partial charge in [-0.15, -0.1) is 0 Å². The third kappa shape index (κ3) is 3.61. The number of rotatable bonds is 5. The molecule has 0 saturated carbocycles. The van der Waals surface area contributed by atoms with Crippen molar-refractivity contribution in [3.05, 3.63) is 59.4 Å². The van der Waals surface area contributed by atoms with E-state index in [0.29, 0.717) is 17.2 Å². The van der Waals surface area contributed by atoms with Crippen LogP contribution in [0, 0.1) is 5.82 Å². The summed E-state index contributed by atoms with van der Waals surface area (Å²) in [5.74, 6) is 0.945. The summed E-state index contributed by atoms with van der Waals surface area (Å²) in [5.41, 5.74) is 7.80. The molecule has 0 spiro atoms. The molecule has 0 heterocycles. The van der Waals surface area contributed by atoms with E-state index in [2.05, 4.69) is 13.8 Å². The Kier molecular flexibility index (Phi) is 4.97. The third-order valence-electron chi connectivity index (χ3n) is 3.77. The van der Waals surface area contributed by atoms with Gasteiger partial charge < -0.3 is 10.5 Å². The molecule has 0 fully saturated rings. The molecule has 2 nitrogen and oxygen atoms in total. The quantitative estimate of drug-likeness (QED) is 0.825. The molecule has 0 aliphatic heterocycles. The predicted octanol–water partition coefficient (Wildman–Crippen LogP) is 5.15. The molecule has 0 radical (unpaired) electrons. The highest BCUT2D eigenvalue weighted by atomic mass is 19.1. The highest BCUT2D eigenvalue weighted by molar-refractivity contribution is 5.41. The van der Waals surface area contributed by atoms with Gasteiger partial charge in [-0.1, -0.05) is 38.1 Å². The molecule has 0 bridgehead atoms. The Morgan fingerprint density at radius 3 is 2.33 bits per heavy atom. The Morgan fingerprint density at radius 2 is 1.76 bits per heavy atom. The molecule has 0 amide bonds. The van der Waals surface area contributed by atoms with E-state index in [1.165, 1.54) is 11.6 Å². The number of benzene rings is 2. The molecule has 0 saturated heterocycles. The fraction of sp³-hybridized carbons (Fsp3) is 0.333. The van der Waals surface area contributed by atoms with Crippen molar-refractivity contribution in [1.29, 1.82) is 0 Å². The van der Waals surface area contributed by atoms with Crippen molar-refractivity contribution in [1.82, 2.24) is 0 Å². The first-order chi connectivity index (χ1) is 10.0. The van der Waals surface area contributed by atoms with Crippen LogP contribution in [0.4, 0.5) is 4.39 Å². The Bertz CT molecular complexity index is 593. The second kappa shape index (κ2) is 6.72.